The number of carbonyl (C=O) groups is 1. The molecule has 2 N–H and O–H groups in total. The van der Waals surface area contributed by atoms with E-state index < -0.39 is 10.0 Å². The molecule has 0 atom stereocenters. The van der Waals surface area contributed by atoms with Gasteiger partial charge in [0.25, 0.3) is 5.91 Å². The summed E-state index contributed by atoms with van der Waals surface area (Å²) in [7, 11) is -3.57. The molecule has 0 aliphatic carbocycles. The molecule has 0 unspecified atom stereocenters. The van der Waals surface area contributed by atoms with E-state index in [1.165, 1.54) is 15.6 Å². The Morgan fingerprint density at radius 1 is 1.36 bits per heavy atom. The molecule has 22 heavy (non-hydrogen) atoms. The van der Waals surface area contributed by atoms with Crippen LogP contribution < -0.4 is 10.6 Å². The second kappa shape index (κ2) is 6.88. The minimum Gasteiger partial charge on any atom is -0.351 e. The van der Waals surface area contributed by atoms with Gasteiger partial charge in [0.1, 0.15) is 9.77 Å². The van der Waals surface area contributed by atoms with Gasteiger partial charge in [0.05, 0.1) is 0 Å². The molecule has 0 radical (unpaired) electrons. The molecule has 2 aliphatic heterocycles. The Morgan fingerprint density at radius 2 is 2.09 bits per heavy atom. The molecular formula is C13H19N3O3S3. The van der Waals surface area contributed by atoms with Crippen molar-refractivity contribution in [1.29, 1.82) is 0 Å². The van der Waals surface area contributed by atoms with Gasteiger partial charge in [-0.05, 0) is 11.4 Å². The van der Waals surface area contributed by atoms with Crippen LogP contribution in [0.4, 0.5) is 0 Å². The Hall–Kier alpha value is -0.610. The van der Waals surface area contributed by atoms with Crippen LogP contribution in [0.2, 0.25) is 0 Å². The average Bonchev–Trinajstić information content (AvgIpc) is 2.96. The first kappa shape index (κ1) is 16.3. The molecule has 6 nitrogen and oxygen atoms in total. The highest BCUT2D eigenvalue weighted by atomic mass is 32.2. The predicted molar refractivity (Wildman–Crippen MR) is 89.1 cm³/mol. The van der Waals surface area contributed by atoms with E-state index in [1.807, 2.05) is 0 Å². The number of amides is 1. The van der Waals surface area contributed by atoms with E-state index in [-0.39, 0.29) is 10.8 Å². The Balaban J connectivity index is 1.73. The lowest BCUT2D eigenvalue weighted by Gasteiger charge is -2.27. The van der Waals surface area contributed by atoms with Crippen molar-refractivity contribution in [2.24, 2.45) is 5.92 Å². The molecule has 0 saturated carbocycles. The Morgan fingerprint density at radius 3 is 2.73 bits per heavy atom. The van der Waals surface area contributed by atoms with E-state index in [4.69, 9.17) is 0 Å². The van der Waals surface area contributed by atoms with Crippen molar-refractivity contribution in [2.45, 2.75) is 4.90 Å². The maximum Gasteiger partial charge on any atom is 0.262 e. The van der Waals surface area contributed by atoms with Crippen LogP contribution >= 0.6 is 23.1 Å². The molecule has 122 valence electrons. The van der Waals surface area contributed by atoms with Crippen LogP contribution in [0.25, 0.3) is 0 Å². The van der Waals surface area contributed by atoms with Gasteiger partial charge in [0, 0.05) is 50.1 Å². The monoisotopic (exact) mass is 361 g/mol. The number of rotatable bonds is 5. The van der Waals surface area contributed by atoms with Gasteiger partial charge in [0.2, 0.25) is 10.0 Å². The number of thiophene rings is 1. The highest BCUT2D eigenvalue weighted by Crippen LogP contribution is 2.27. The summed E-state index contributed by atoms with van der Waals surface area (Å²) in [5.74, 6) is 1.77. The van der Waals surface area contributed by atoms with Gasteiger partial charge in [-0.1, -0.05) is 0 Å². The number of sulfonamides is 1. The van der Waals surface area contributed by atoms with Crippen molar-refractivity contribution in [3.05, 3.63) is 16.3 Å². The number of carbonyl (C=O) groups excluding carboxylic acids is 1. The van der Waals surface area contributed by atoms with E-state index in [9.17, 15) is 13.2 Å². The quantitative estimate of drug-likeness (QED) is 0.795. The number of hydrogen-bond acceptors (Lipinski definition) is 6. The highest BCUT2D eigenvalue weighted by Gasteiger charge is 2.31. The Bertz CT molecular complexity index is 634. The molecule has 0 spiro atoms. The summed E-state index contributed by atoms with van der Waals surface area (Å²) in [4.78, 5) is 12.7. The van der Waals surface area contributed by atoms with Gasteiger partial charge in [-0.15, -0.1) is 11.3 Å². The van der Waals surface area contributed by atoms with Gasteiger partial charge in [-0.2, -0.15) is 16.1 Å². The van der Waals surface area contributed by atoms with Crippen molar-refractivity contribution in [2.75, 3.05) is 44.2 Å². The fourth-order valence-electron chi connectivity index (χ4n) is 2.40. The standard InChI is InChI=1S/C13H19N3O3S3/c17-13(15-9-10-7-14-8-10)12-11(1-4-21-12)22(18,19)16-2-5-20-6-3-16/h1,4,10,14H,2-3,5-9H2,(H,15,17). The van der Waals surface area contributed by atoms with Gasteiger partial charge in [-0.25, -0.2) is 8.42 Å². The molecule has 1 aromatic rings. The van der Waals surface area contributed by atoms with Gasteiger partial charge < -0.3 is 10.6 Å². The smallest absolute Gasteiger partial charge is 0.262 e. The first-order valence-corrected chi connectivity index (χ1v) is 10.7. The molecule has 2 saturated heterocycles. The average molecular weight is 362 g/mol. The lowest BCUT2D eigenvalue weighted by atomic mass is 10.0. The SMILES string of the molecule is O=C(NCC1CNC1)c1sccc1S(=O)(=O)N1CCSCC1. The molecule has 0 aromatic carbocycles. The molecule has 9 heteroatoms. The maximum absolute atomic E-state index is 12.7. The number of nitrogens with zero attached hydrogens (tertiary/aromatic N) is 1. The van der Waals surface area contributed by atoms with Gasteiger partial charge in [0.15, 0.2) is 0 Å². The second-order valence-electron chi connectivity index (χ2n) is 5.36. The zero-order valence-electron chi connectivity index (χ0n) is 12.1. The summed E-state index contributed by atoms with van der Waals surface area (Å²) in [5.41, 5.74) is 0. The first-order chi connectivity index (χ1) is 10.6. The summed E-state index contributed by atoms with van der Waals surface area (Å²) >= 11 is 2.94. The van der Waals surface area contributed by atoms with Gasteiger partial charge in [-0.3, -0.25) is 4.79 Å². The third-order valence-electron chi connectivity index (χ3n) is 3.84. The predicted octanol–water partition coefficient (Wildman–Crippen LogP) is 0.435. The molecule has 1 amide bonds. The molecule has 0 bridgehead atoms. The van der Waals surface area contributed by atoms with Crippen LogP contribution in [0.15, 0.2) is 16.3 Å². The highest BCUT2D eigenvalue weighted by molar-refractivity contribution is 7.99. The van der Waals surface area contributed by atoms with Crippen LogP contribution in [0.1, 0.15) is 9.67 Å². The normalized spacial score (nSPS) is 20.5. The summed E-state index contributed by atoms with van der Waals surface area (Å²) in [5, 5.41) is 7.66. The summed E-state index contributed by atoms with van der Waals surface area (Å²) in [6.07, 6.45) is 0. The fourth-order valence-corrected chi connectivity index (χ4v) is 6.30. The zero-order chi connectivity index (χ0) is 15.6. The first-order valence-electron chi connectivity index (χ1n) is 7.23. The molecular weight excluding hydrogens is 342 g/mol. The number of hydrogen-bond donors (Lipinski definition) is 2. The van der Waals surface area contributed by atoms with Gasteiger partial charge >= 0.3 is 0 Å². The summed E-state index contributed by atoms with van der Waals surface area (Å²) < 4.78 is 26.9. The van der Waals surface area contributed by atoms with Crippen LogP contribution in [0, 0.1) is 5.92 Å². The van der Waals surface area contributed by atoms with Crippen molar-refractivity contribution in [1.82, 2.24) is 14.9 Å². The molecule has 2 fully saturated rings. The van der Waals surface area contributed by atoms with Crippen molar-refractivity contribution < 1.29 is 13.2 Å². The van der Waals surface area contributed by atoms with E-state index >= 15 is 0 Å². The molecule has 3 rings (SSSR count). The second-order valence-corrected chi connectivity index (χ2v) is 9.41. The zero-order valence-corrected chi connectivity index (χ0v) is 14.5. The van der Waals surface area contributed by atoms with Crippen molar-refractivity contribution >= 4 is 39.0 Å². The van der Waals surface area contributed by atoms with Crippen LogP contribution in [-0.2, 0) is 10.0 Å². The molecule has 1 aromatic heterocycles. The van der Waals surface area contributed by atoms with E-state index in [0.717, 1.165) is 24.6 Å². The lowest BCUT2D eigenvalue weighted by Crippen LogP contribution is -2.48. The maximum atomic E-state index is 12.7. The topological polar surface area (TPSA) is 78.5 Å². The van der Waals surface area contributed by atoms with Crippen LogP contribution in [-0.4, -0.2) is 62.9 Å². The largest absolute Gasteiger partial charge is 0.351 e. The van der Waals surface area contributed by atoms with Crippen LogP contribution in [0.5, 0.6) is 0 Å². The fraction of sp³-hybridized carbons (Fsp3) is 0.615. The van der Waals surface area contributed by atoms with E-state index in [1.54, 1.807) is 23.2 Å². The number of thioether (sulfide) groups is 1. The minimum absolute atomic E-state index is 0.147. The Labute approximate surface area is 138 Å². The minimum atomic E-state index is -3.57. The molecule has 3 heterocycles. The van der Waals surface area contributed by atoms with E-state index in [0.29, 0.717) is 30.4 Å². The third-order valence-corrected chi connectivity index (χ3v) is 7.77. The summed E-state index contributed by atoms with van der Waals surface area (Å²) in [6, 6.07) is 1.54. The molecule has 2 aliphatic rings. The number of nitrogens with one attached hydrogen (secondary N) is 2. The van der Waals surface area contributed by atoms with Crippen LogP contribution in [0.3, 0.4) is 0 Å². The lowest BCUT2D eigenvalue weighted by molar-refractivity contribution is 0.0943. The van der Waals surface area contributed by atoms with E-state index in [2.05, 4.69) is 10.6 Å². The Kier molecular flexibility index (Phi) is 5.08. The summed E-state index contributed by atoms with van der Waals surface area (Å²) in [6.45, 7) is 3.42. The van der Waals surface area contributed by atoms with Crippen molar-refractivity contribution in [3.8, 4) is 0 Å². The third kappa shape index (κ3) is 3.33. The van der Waals surface area contributed by atoms with Crippen molar-refractivity contribution in [3.63, 3.8) is 0 Å².